The molecule has 0 spiro atoms. The lowest BCUT2D eigenvalue weighted by Gasteiger charge is -2.33. The van der Waals surface area contributed by atoms with E-state index in [0.29, 0.717) is 55.4 Å². The van der Waals surface area contributed by atoms with Crippen molar-refractivity contribution < 1.29 is 13.7 Å². The molecular formula is C23H29FN6O2. The maximum absolute atomic E-state index is 14.8. The molecule has 3 aromatic rings. The second kappa shape index (κ2) is 10.4. The van der Waals surface area contributed by atoms with E-state index in [1.807, 2.05) is 22.6 Å². The van der Waals surface area contributed by atoms with Crippen LogP contribution in [0.5, 0.6) is 0 Å². The van der Waals surface area contributed by atoms with Crippen molar-refractivity contribution in [1.82, 2.24) is 25.0 Å². The third kappa shape index (κ3) is 5.33. The average Bonchev–Trinajstić information content (AvgIpc) is 3.49. The van der Waals surface area contributed by atoms with Gasteiger partial charge in [0.25, 0.3) is 5.89 Å². The molecule has 2 aromatic heterocycles. The molecule has 0 aliphatic carbocycles. The molecule has 32 heavy (non-hydrogen) atoms. The Morgan fingerprint density at radius 3 is 2.88 bits per heavy atom. The Morgan fingerprint density at radius 2 is 2.16 bits per heavy atom. The summed E-state index contributed by atoms with van der Waals surface area (Å²) in [6.45, 7) is 4.80. The molecule has 0 atom stereocenters. The summed E-state index contributed by atoms with van der Waals surface area (Å²) in [6, 6.07) is 5.00. The van der Waals surface area contributed by atoms with Crippen LogP contribution in [-0.2, 0) is 17.8 Å². The Bertz CT molecular complexity index is 1010. The molecule has 0 radical (unpaired) electrons. The first kappa shape index (κ1) is 22.0. The van der Waals surface area contributed by atoms with Crippen molar-refractivity contribution in [2.75, 3.05) is 24.5 Å². The van der Waals surface area contributed by atoms with E-state index in [9.17, 15) is 9.18 Å². The average molecular weight is 441 g/mol. The summed E-state index contributed by atoms with van der Waals surface area (Å²) in [5.74, 6) is 0.708. The van der Waals surface area contributed by atoms with Crippen molar-refractivity contribution in [3.05, 3.63) is 48.6 Å². The number of carbonyl (C=O) groups excluding carboxylic acids is 1. The highest BCUT2D eigenvalue weighted by atomic mass is 19.1. The topological polar surface area (TPSA) is 89.1 Å². The lowest BCUT2D eigenvalue weighted by atomic mass is 9.95. The zero-order valence-electron chi connectivity index (χ0n) is 18.3. The smallest absolute Gasteiger partial charge is 0.258 e. The van der Waals surface area contributed by atoms with Gasteiger partial charge in [-0.1, -0.05) is 12.1 Å². The van der Waals surface area contributed by atoms with Gasteiger partial charge in [-0.15, -0.1) is 0 Å². The number of anilines is 1. The van der Waals surface area contributed by atoms with Gasteiger partial charge in [0.1, 0.15) is 5.82 Å². The van der Waals surface area contributed by atoms with Gasteiger partial charge in [-0.2, -0.15) is 4.98 Å². The minimum Gasteiger partial charge on any atom is -0.369 e. The molecule has 9 heteroatoms. The van der Waals surface area contributed by atoms with Crippen LogP contribution in [0.2, 0.25) is 0 Å². The molecule has 8 nitrogen and oxygen atoms in total. The molecule has 0 unspecified atom stereocenters. The minimum atomic E-state index is -0.319. The van der Waals surface area contributed by atoms with Gasteiger partial charge >= 0.3 is 0 Å². The van der Waals surface area contributed by atoms with Gasteiger partial charge in [0.2, 0.25) is 5.91 Å². The molecule has 0 saturated carbocycles. The zero-order chi connectivity index (χ0) is 22.3. The molecule has 1 aromatic carbocycles. The maximum atomic E-state index is 14.8. The van der Waals surface area contributed by atoms with Crippen molar-refractivity contribution in [1.29, 1.82) is 0 Å². The molecule has 1 N–H and O–H groups in total. The number of aromatic nitrogens is 4. The van der Waals surface area contributed by atoms with Gasteiger partial charge in [-0.3, -0.25) is 4.79 Å². The Hall–Kier alpha value is -3.23. The number of benzene rings is 1. The van der Waals surface area contributed by atoms with E-state index in [4.69, 9.17) is 4.52 Å². The standard InChI is InChI=1S/C23H29FN6O2/c1-2-4-21-27-23(32-28-21)18-5-6-20(19(24)15-18)30-12-7-17(8-13-30)22(31)26-9-3-11-29-14-10-25-16-29/h5-6,10,14-17H,2-4,7-9,11-13H2,1H3,(H,26,31). The molecule has 1 saturated heterocycles. The number of imidazole rings is 1. The first-order valence-corrected chi connectivity index (χ1v) is 11.2. The molecule has 1 aliphatic heterocycles. The van der Waals surface area contributed by atoms with Crippen LogP contribution in [0, 0.1) is 11.7 Å². The van der Waals surface area contributed by atoms with Crippen LogP contribution in [0.15, 0.2) is 41.4 Å². The molecule has 4 rings (SSSR count). The quantitative estimate of drug-likeness (QED) is 0.513. The van der Waals surface area contributed by atoms with E-state index in [0.717, 1.165) is 25.8 Å². The number of piperidine rings is 1. The Morgan fingerprint density at radius 1 is 1.31 bits per heavy atom. The number of amides is 1. The highest BCUT2D eigenvalue weighted by Crippen LogP contribution is 2.29. The van der Waals surface area contributed by atoms with Gasteiger partial charge in [0, 0.05) is 56.5 Å². The first-order valence-electron chi connectivity index (χ1n) is 11.2. The lowest BCUT2D eigenvalue weighted by molar-refractivity contribution is -0.125. The summed E-state index contributed by atoms with van der Waals surface area (Å²) in [5, 5.41) is 6.96. The highest BCUT2D eigenvalue weighted by molar-refractivity contribution is 5.79. The van der Waals surface area contributed by atoms with Crippen LogP contribution >= 0.6 is 0 Å². The number of hydrogen-bond acceptors (Lipinski definition) is 6. The fourth-order valence-corrected chi connectivity index (χ4v) is 4.01. The summed E-state index contributed by atoms with van der Waals surface area (Å²) in [4.78, 5) is 22.8. The van der Waals surface area contributed by atoms with Crippen molar-refractivity contribution in [3.8, 4) is 11.5 Å². The predicted octanol–water partition coefficient (Wildman–Crippen LogP) is 3.45. The van der Waals surface area contributed by atoms with E-state index in [-0.39, 0.29) is 17.6 Å². The monoisotopic (exact) mass is 440 g/mol. The maximum Gasteiger partial charge on any atom is 0.258 e. The largest absolute Gasteiger partial charge is 0.369 e. The third-order valence-corrected chi connectivity index (χ3v) is 5.79. The van der Waals surface area contributed by atoms with Crippen LogP contribution in [-0.4, -0.2) is 45.2 Å². The fourth-order valence-electron chi connectivity index (χ4n) is 4.01. The van der Waals surface area contributed by atoms with Crippen LogP contribution in [0.1, 0.15) is 38.4 Å². The van der Waals surface area contributed by atoms with Gasteiger partial charge in [-0.05, 0) is 43.9 Å². The number of nitrogens with one attached hydrogen (secondary N) is 1. The molecule has 3 heterocycles. The second-order valence-corrected chi connectivity index (χ2v) is 8.14. The molecular weight excluding hydrogens is 411 g/mol. The van der Waals surface area contributed by atoms with Crippen molar-refractivity contribution in [2.24, 2.45) is 5.92 Å². The van der Waals surface area contributed by atoms with Gasteiger partial charge in [0.15, 0.2) is 5.82 Å². The molecule has 1 aliphatic rings. The fraction of sp³-hybridized carbons (Fsp3) is 0.478. The number of rotatable bonds is 9. The molecule has 0 bridgehead atoms. The Kier molecular flexibility index (Phi) is 7.14. The summed E-state index contributed by atoms with van der Waals surface area (Å²) in [5.41, 5.74) is 1.12. The molecule has 170 valence electrons. The molecule has 1 fully saturated rings. The van der Waals surface area contributed by atoms with E-state index in [1.54, 1.807) is 24.7 Å². The van der Waals surface area contributed by atoms with Crippen molar-refractivity contribution >= 4 is 11.6 Å². The highest BCUT2D eigenvalue weighted by Gasteiger charge is 2.26. The Labute approximate surface area is 186 Å². The van der Waals surface area contributed by atoms with E-state index in [2.05, 4.69) is 20.4 Å². The summed E-state index contributed by atoms with van der Waals surface area (Å²) in [6.07, 6.45) is 9.36. The van der Waals surface area contributed by atoms with E-state index in [1.165, 1.54) is 6.07 Å². The van der Waals surface area contributed by atoms with Gasteiger partial charge in [-0.25, -0.2) is 9.37 Å². The number of hydrogen-bond donors (Lipinski definition) is 1. The van der Waals surface area contributed by atoms with E-state index < -0.39 is 0 Å². The molecule has 1 amide bonds. The number of aryl methyl sites for hydroxylation is 2. The first-order chi connectivity index (χ1) is 15.6. The second-order valence-electron chi connectivity index (χ2n) is 8.14. The van der Waals surface area contributed by atoms with Crippen LogP contribution in [0.3, 0.4) is 0 Å². The third-order valence-electron chi connectivity index (χ3n) is 5.79. The lowest BCUT2D eigenvalue weighted by Crippen LogP contribution is -2.41. The van der Waals surface area contributed by atoms with E-state index >= 15 is 0 Å². The predicted molar refractivity (Wildman–Crippen MR) is 118 cm³/mol. The number of carbonyl (C=O) groups is 1. The van der Waals surface area contributed by atoms with Crippen LogP contribution in [0.4, 0.5) is 10.1 Å². The number of halogens is 1. The normalized spacial score (nSPS) is 14.6. The van der Waals surface area contributed by atoms with Crippen LogP contribution in [0.25, 0.3) is 11.5 Å². The SMILES string of the molecule is CCCc1noc(-c2ccc(N3CCC(C(=O)NCCCn4ccnc4)CC3)c(F)c2)n1. The Balaban J connectivity index is 1.26. The summed E-state index contributed by atoms with van der Waals surface area (Å²) in [7, 11) is 0. The van der Waals surface area contributed by atoms with Gasteiger partial charge in [0.05, 0.1) is 12.0 Å². The summed E-state index contributed by atoms with van der Waals surface area (Å²) >= 11 is 0. The zero-order valence-corrected chi connectivity index (χ0v) is 18.3. The minimum absolute atomic E-state index is 0.0304. The number of nitrogens with zero attached hydrogens (tertiary/aromatic N) is 5. The van der Waals surface area contributed by atoms with Crippen LogP contribution < -0.4 is 10.2 Å². The summed E-state index contributed by atoms with van der Waals surface area (Å²) < 4.78 is 22.1. The van der Waals surface area contributed by atoms with Crippen molar-refractivity contribution in [2.45, 2.75) is 45.6 Å². The van der Waals surface area contributed by atoms with Gasteiger partial charge < -0.3 is 19.3 Å². The van der Waals surface area contributed by atoms with Crippen molar-refractivity contribution in [3.63, 3.8) is 0 Å².